The highest BCUT2D eigenvalue weighted by atomic mass is 35.5. The van der Waals surface area contributed by atoms with Gasteiger partial charge in [-0.25, -0.2) is 4.79 Å². The average molecular weight is 344 g/mol. The fraction of sp³-hybridized carbons (Fsp3) is 0.222. The van der Waals surface area contributed by atoms with Gasteiger partial charge in [0.2, 0.25) is 0 Å². The first-order valence-corrected chi connectivity index (χ1v) is 8.02. The van der Waals surface area contributed by atoms with Gasteiger partial charge < -0.3 is 14.7 Å². The maximum Gasteiger partial charge on any atom is 0.335 e. The lowest BCUT2D eigenvalue weighted by Gasteiger charge is -2.33. The lowest BCUT2D eigenvalue weighted by atomic mass is 9.97. The van der Waals surface area contributed by atoms with Crippen LogP contribution in [-0.2, 0) is 6.54 Å². The number of amides is 1. The average Bonchev–Trinajstić information content (AvgIpc) is 2.91. The molecule has 0 unspecified atom stereocenters. The molecular weight excluding hydrogens is 330 g/mol. The summed E-state index contributed by atoms with van der Waals surface area (Å²) in [4.78, 5) is 25.7. The summed E-state index contributed by atoms with van der Waals surface area (Å²) < 4.78 is 5.61. The van der Waals surface area contributed by atoms with Crippen LogP contribution in [0.1, 0.15) is 44.3 Å². The van der Waals surface area contributed by atoms with E-state index in [4.69, 9.17) is 21.4 Å². The summed E-state index contributed by atoms with van der Waals surface area (Å²) in [5.41, 5.74) is 2.49. The molecule has 0 aromatic heterocycles. The summed E-state index contributed by atoms with van der Waals surface area (Å²) in [6.45, 7) is 0.939. The molecule has 0 spiro atoms. The minimum atomic E-state index is -1.00. The quantitative estimate of drug-likeness (QED) is 0.906. The smallest absolute Gasteiger partial charge is 0.335 e. The van der Waals surface area contributed by atoms with Gasteiger partial charge in [0.1, 0.15) is 5.75 Å². The van der Waals surface area contributed by atoms with Crippen molar-refractivity contribution in [2.24, 2.45) is 0 Å². The zero-order valence-electron chi connectivity index (χ0n) is 12.7. The number of carboxylic acids is 1. The predicted octanol–water partition coefficient (Wildman–Crippen LogP) is 3.52. The molecule has 5 nitrogen and oxygen atoms in total. The Morgan fingerprint density at radius 1 is 1.29 bits per heavy atom. The number of hydrogen-bond acceptors (Lipinski definition) is 3. The highest BCUT2D eigenvalue weighted by Gasteiger charge is 2.37. The Morgan fingerprint density at radius 2 is 2.12 bits per heavy atom. The van der Waals surface area contributed by atoms with E-state index in [1.54, 1.807) is 23.1 Å². The van der Waals surface area contributed by atoms with Crippen LogP contribution < -0.4 is 4.74 Å². The van der Waals surface area contributed by atoms with E-state index in [2.05, 4.69) is 0 Å². The Kier molecular flexibility index (Phi) is 3.46. The van der Waals surface area contributed by atoms with Crippen LogP contribution in [-0.4, -0.2) is 28.5 Å². The van der Waals surface area contributed by atoms with Crippen molar-refractivity contribution in [3.8, 4) is 5.75 Å². The van der Waals surface area contributed by atoms with E-state index < -0.39 is 5.97 Å². The standard InChI is InChI=1S/C18H14ClNO4/c19-13-3-1-2-11-9-20(17(21)16(11)13)14-6-7-24-15-8-10(18(22)23)4-5-12(14)15/h1-5,8,14H,6-7,9H2,(H,22,23)/t14-/m1/s1. The number of carboxylic acid groups (broad SMARTS) is 1. The molecule has 2 aliphatic rings. The molecule has 2 aromatic rings. The first-order chi connectivity index (χ1) is 11.6. The van der Waals surface area contributed by atoms with E-state index in [0.717, 1.165) is 11.1 Å². The second kappa shape index (κ2) is 5.53. The van der Waals surface area contributed by atoms with Gasteiger partial charge in [-0.3, -0.25) is 4.79 Å². The monoisotopic (exact) mass is 343 g/mol. The molecule has 0 saturated heterocycles. The van der Waals surface area contributed by atoms with Gasteiger partial charge in [-0.05, 0) is 23.8 Å². The molecule has 4 rings (SSSR count). The van der Waals surface area contributed by atoms with Crippen LogP contribution in [0.3, 0.4) is 0 Å². The zero-order chi connectivity index (χ0) is 16.8. The lowest BCUT2D eigenvalue weighted by Crippen LogP contribution is -2.33. The molecule has 122 valence electrons. The number of carbonyl (C=O) groups excluding carboxylic acids is 1. The first-order valence-electron chi connectivity index (χ1n) is 7.64. The fourth-order valence-corrected chi connectivity index (χ4v) is 3.69. The third-order valence-corrected chi connectivity index (χ3v) is 4.87. The Bertz CT molecular complexity index is 864. The van der Waals surface area contributed by atoms with E-state index in [1.807, 2.05) is 12.1 Å². The van der Waals surface area contributed by atoms with Crippen LogP contribution in [0.4, 0.5) is 0 Å². The van der Waals surface area contributed by atoms with Crippen LogP contribution in [0.5, 0.6) is 5.75 Å². The highest BCUT2D eigenvalue weighted by Crippen LogP contribution is 2.41. The Labute approximate surface area is 143 Å². The van der Waals surface area contributed by atoms with Crippen LogP contribution in [0.2, 0.25) is 5.02 Å². The molecule has 1 atom stereocenters. The molecule has 24 heavy (non-hydrogen) atoms. The van der Waals surface area contributed by atoms with Gasteiger partial charge in [0.05, 0.1) is 28.8 Å². The largest absolute Gasteiger partial charge is 0.493 e. The summed E-state index contributed by atoms with van der Waals surface area (Å²) in [6, 6.07) is 10.1. The SMILES string of the molecule is O=C(O)c1ccc2c(c1)OCC[C@H]2N1Cc2cccc(Cl)c2C1=O. The van der Waals surface area contributed by atoms with Gasteiger partial charge >= 0.3 is 5.97 Å². The molecule has 0 aliphatic carbocycles. The van der Waals surface area contributed by atoms with Crippen LogP contribution in [0, 0.1) is 0 Å². The van der Waals surface area contributed by atoms with Crippen molar-refractivity contribution in [1.29, 1.82) is 0 Å². The molecular formula is C18H14ClNO4. The summed E-state index contributed by atoms with van der Waals surface area (Å²) in [5, 5.41) is 9.59. The van der Waals surface area contributed by atoms with E-state index in [9.17, 15) is 9.59 Å². The molecule has 0 fully saturated rings. The number of ether oxygens (including phenoxy) is 1. The zero-order valence-corrected chi connectivity index (χ0v) is 13.4. The number of fused-ring (bicyclic) bond motifs is 2. The van der Waals surface area contributed by atoms with E-state index >= 15 is 0 Å². The Balaban J connectivity index is 1.72. The van der Waals surface area contributed by atoms with Crippen molar-refractivity contribution in [1.82, 2.24) is 4.90 Å². The highest BCUT2D eigenvalue weighted by molar-refractivity contribution is 6.34. The molecule has 2 aromatic carbocycles. The molecule has 6 heteroatoms. The normalized spacial score (nSPS) is 18.8. The summed E-state index contributed by atoms with van der Waals surface area (Å²) in [7, 11) is 0. The molecule has 0 radical (unpaired) electrons. The van der Waals surface area contributed by atoms with E-state index in [-0.39, 0.29) is 17.5 Å². The molecule has 1 N–H and O–H groups in total. The van der Waals surface area contributed by atoms with E-state index in [1.165, 1.54) is 6.07 Å². The number of halogens is 1. The minimum absolute atomic E-state index is 0.0873. The van der Waals surface area contributed by atoms with Gasteiger partial charge in [-0.15, -0.1) is 0 Å². The molecule has 2 heterocycles. The molecule has 1 amide bonds. The van der Waals surface area contributed by atoms with Crippen LogP contribution in [0.25, 0.3) is 0 Å². The number of nitrogens with zero attached hydrogens (tertiary/aromatic N) is 1. The number of aromatic carboxylic acids is 1. The van der Waals surface area contributed by atoms with Crippen molar-refractivity contribution in [2.45, 2.75) is 19.0 Å². The van der Waals surface area contributed by atoms with Gasteiger partial charge in [-0.2, -0.15) is 0 Å². The molecule has 2 aliphatic heterocycles. The number of rotatable bonds is 2. The van der Waals surface area contributed by atoms with Gasteiger partial charge in [0.25, 0.3) is 5.91 Å². The van der Waals surface area contributed by atoms with Gasteiger partial charge in [-0.1, -0.05) is 29.8 Å². The van der Waals surface area contributed by atoms with Crippen molar-refractivity contribution in [2.75, 3.05) is 6.61 Å². The second-order valence-corrected chi connectivity index (χ2v) is 6.32. The summed E-state index contributed by atoms with van der Waals surface area (Å²) in [6.07, 6.45) is 0.663. The second-order valence-electron chi connectivity index (χ2n) is 5.92. The third-order valence-electron chi connectivity index (χ3n) is 4.56. The van der Waals surface area contributed by atoms with Crippen LogP contribution >= 0.6 is 11.6 Å². The lowest BCUT2D eigenvalue weighted by molar-refractivity contribution is 0.0642. The third kappa shape index (κ3) is 2.24. The van der Waals surface area contributed by atoms with Crippen molar-refractivity contribution in [3.05, 3.63) is 63.7 Å². The number of benzene rings is 2. The fourth-order valence-electron chi connectivity index (χ4n) is 3.42. The van der Waals surface area contributed by atoms with Crippen molar-refractivity contribution >= 4 is 23.5 Å². The van der Waals surface area contributed by atoms with Crippen molar-refractivity contribution < 1.29 is 19.4 Å². The van der Waals surface area contributed by atoms with Gasteiger partial charge in [0, 0.05) is 18.5 Å². The summed E-state index contributed by atoms with van der Waals surface area (Å²) >= 11 is 6.19. The maximum absolute atomic E-state index is 12.8. The Morgan fingerprint density at radius 3 is 2.88 bits per heavy atom. The van der Waals surface area contributed by atoms with E-state index in [0.29, 0.717) is 35.9 Å². The Hall–Kier alpha value is -2.53. The topological polar surface area (TPSA) is 66.8 Å². The maximum atomic E-state index is 12.8. The predicted molar refractivity (Wildman–Crippen MR) is 87.6 cm³/mol. The van der Waals surface area contributed by atoms with Crippen molar-refractivity contribution in [3.63, 3.8) is 0 Å². The van der Waals surface area contributed by atoms with Crippen LogP contribution in [0.15, 0.2) is 36.4 Å². The molecule has 0 bridgehead atoms. The molecule has 0 saturated carbocycles. The minimum Gasteiger partial charge on any atom is -0.493 e. The van der Waals surface area contributed by atoms with Gasteiger partial charge in [0.15, 0.2) is 0 Å². The number of hydrogen-bond donors (Lipinski definition) is 1. The first kappa shape index (κ1) is 15.0. The summed E-state index contributed by atoms with van der Waals surface area (Å²) in [5.74, 6) is -0.559. The number of carbonyl (C=O) groups is 2.